The lowest BCUT2D eigenvalue weighted by atomic mass is 10.2. The van der Waals surface area contributed by atoms with E-state index in [1.54, 1.807) is 19.3 Å². The Morgan fingerprint density at radius 2 is 2.06 bits per heavy atom. The van der Waals surface area contributed by atoms with Gasteiger partial charge in [0.2, 0.25) is 11.5 Å². The number of amides is 1. The Morgan fingerprint density at radius 3 is 2.59 bits per heavy atom. The van der Waals surface area contributed by atoms with E-state index in [1.165, 1.54) is 10.6 Å². The molecule has 1 rings (SSSR count). The number of hydrogen-bond donors (Lipinski definition) is 1. The van der Waals surface area contributed by atoms with Crippen molar-refractivity contribution in [1.29, 1.82) is 0 Å². The summed E-state index contributed by atoms with van der Waals surface area (Å²) in [4.78, 5) is 22.7. The molecule has 1 heterocycles. The standard InChI is InChI=1S/C12H18N2O3/c1-12(2,3)17-8-10(15)13-9-5-6-11(16)14(4)7-9/h5-7H,8H2,1-4H3,(H,13,15). The van der Waals surface area contributed by atoms with Crippen LogP contribution in [0.1, 0.15) is 20.8 Å². The molecule has 0 atom stereocenters. The maximum absolute atomic E-state index is 11.5. The van der Waals surface area contributed by atoms with Crippen molar-refractivity contribution in [3.05, 3.63) is 28.7 Å². The fourth-order valence-corrected chi connectivity index (χ4v) is 1.15. The average molecular weight is 238 g/mol. The minimum absolute atomic E-state index is 0.00760. The van der Waals surface area contributed by atoms with Gasteiger partial charge < -0.3 is 14.6 Å². The SMILES string of the molecule is Cn1cc(NC(=O)COC(C)(C)C)ccc1=O. The Kier molecular flexibility index (Phi) is 4.07. The monoisotopic (exact) mass is 238 g/mol. The van der Waals surface area contributed by atoms with Crippen LogP contribution in [0.15, 0.2) is 23.1 Å². The molecule has 1 amide bonds. The number of pyridine rings is 1. The van der Waals surface area contributed by atoms with Crippen LogP contribution < -0.4 is 10.9 Å². The summed E-state index contributed by atoms with van der Waals surface area (Å²) in [5.74, 6) is -0.237. The minimum Gasteiger partial charge on any atom is -0.366 e. The van der Waals surface area contributed by atoms with Crippen LogP contribution in [-0.4, -0.2) is 22.7 Å². The van der Waals surface area contributed by atoms with Gasteiger partial charge in [-0.3, -0.25) is 9.59 Å². The number of carbonyl (C=O) groups is 1. The molecule has 0 saturated carbocycles. The lowest BCUT2D eigenvalue weighted by Crippen LogP contribution is -2.27. The van der Waals surface area contributed by atoms with Crippen molar-refractivity contribution in [1.82, 2.24) is 4.57 Å². The second-order valence-corrected chi connectivity index (χ2v) is 4.82. The zero-order chi connectivity index (χ0) is 13.1. The molecule has 1 aromatic heterocycles. The lowest BCUT2D eigenvalue weighted by Gasteiger charge is -2.19. The number of nitrogens with one attached hydrogen (secondary N) is 1. The molecule has 0 aliphatic heterocycles. The topological polar surface area (TPSA) is 60.3 Å². The van der Waals surface area contributed by atoms with Gasteiger partial charge >= 0.3 is 0 Å². The quantitative estimate of drug-likeness (QED) is 0.859. The molecule has 94 valence electrons. The number of carbonyl (C=O) groups excluding carboxylic acids is 1. The fourth-order valence-electron chi connectivity index (χ4n) is 1.15. The molecule has 0 fully saturated rings. The highest BCUT2D eigenvalue weighted by Gasteiger charge is 2.12. The molecule has 0 unspecified atom stereocenters. The van der Waals surface area contributed by atoms with E-state index in [1.807, 2.05) is 20.8 Å². The third-order valence-corrected chi connectivity index (χ3v) is 2.01. The third kappa shape index (κ3) is 4.82. The minimum atomic E-state index is -0.346. The number of aromatic nitrogens is 1. The molecular formula is C12H18N2O3. The molecule has 5 nitrogen and oxygen atoms in total. The summed E-state index contributed by atoms with van der Waals surface area (Å²) in [6.45, 7) is 5.64. The normalized spacial score (nSPS) is 11.3. The summed E-state index contributed by atoms with van der Waals surface area (Å²) < 4.78 is 6.74. The van der Waals surface area contributed by atoms with E-state index in [0.29, 0.717) is 5.69 Å². The largest absolute Gasteiger partial charge is 0.366 e. The van der Waals surface area contributed by atoms with Crippen molar-refractivity contribution in [2.75, 3.05) is 11.9 Å². The number of ether oxygens (including phenoxy) is 1. The molecule has 0 saturated heterocycles. The third-order valence-electron chi connectivity index (χ3n) is 2.01. The van der Waals surface area contributed by atoms with Crippen molar-refractivity contribution in [2.45, 2.75) is 26.4 Å². The molecule has 0 aliphatic carbocycles. The summed E-state index contributed by atoms with van der Waals surface area (Å²) >= 11 is 0. The van der Waals surface area contributed by atoms with E-state index in [4.69, 9.17) is 4.74 Å². The van der Waals surface area contributed by atoms with Gasteiger partial charge in [-0.15, -0.1) is 0 Å². The van der Waals surface area contributed by atoms with Crippen molar-refractivity contribution >= 4 is 11.6 Å². The molecule has 0 radical (unpaired) electrons. The van der Waals surface area contributed by atoms with Gasteiger partial charge in [0, 0.05) is 19.3 Å². The summed E-state index contributed by atoms with van der Waals surface area (Å²) in [7, 11) is 1.63. The second kappa shape index (κ2) is 5.14. The Hall–Kier alpha value is -1.62. The molecule has 0 spiro atoms. The lowest BCUT2D eigenvalue weighted by molar-refractivity contribution is -0.125. The number of nitrogens with zero attached hydrogens (tertiary/aromatic N) is 1. The molecule has 0 bridgehead atoms. The van der Waals surface area contributed by atoms with Gasteiger partial charge in [-0.05, 0) is 26.8 Å². The van der Waals surface area contributed by atoms with E-state index < -0.39 is 0 Å². The number of rotatable bonds is 3. The summed E-state index contributed by atoms with van der Waals surface area (Å²) in [5.41, 5.74) is 0.115. The van der Waals surface area contributed by atoms with Crippen molar-refractivity contribution in [3.8, 4) is 0 Å². The van der Waals surface area contributed by atoms with Crippen molar-refractivity contribution in [2.24, 2.45) is 7.05 Å². The smallest absolute Gasteiger partial charge is 0.250 e. The first kappa shape index (κ1) is 13.4. The molecule has 17 heavy (non-hydrogen) atoms. The summed E-state index contributed by atoms with van der Waals surface area (Å²) in [6.07, 6.45) is 1.57. The number of hydrogen-bond acceptors (Lipinski definition) is 3. The van der Waals surface area contributed by atoms with E-state index in [9.17, 15) is 9.59 Å². The van der Waals surface area contributed by atoms with Crippen LogP contribution in [0.4, 0.5) is 5.69 Å². The zero-order valence-corrected chi connectivity index (χ0v) is 10.6. The van der Waals surface area contributed by atoms with Crippen LogP contribution in [0.2, 0.25) is 0 Å². The van der Waals surface area contributed by atoms with Gasteiger partial charge in [0.1, 0.15) is 6.61 Å². The van der Waals surface area contributed by atoms with Crippen molar-refractivity contribution in [3.63, 3.8) is 0 Å². The van der Waals surface area contributed by atoms with E-state index in [-0.39, 0.29) is 23.7 Å². The Bertz CT molecular complexity index is 458. The molecule has 1 N–H and O–H groups in total. The van der Waals surface area contributed by atoms with Gasteiger partial charge in [-0.1, -0.05) is 0 Å². The fraction of sp³-hybridized carbons (Fsp3) is 0.500. The van der Waals surface area contributed by atoms with Gasteiger partial charge in [0.15, 0.2) is 0 Å². The van der Waals surface area contributed by atoms with Gasteiger partial charge in [-0.25, -0.2) is 0 Å². The van der Waals surface area contributed by atoms with E-state index >= 15 is 0 Å². The number of aryl methyl sites for hydroxylation is 1. The molecule has 1 aromatic rings. The summed E-state index contributed by atoms with van der Waals surface area (Å²) in [6, 6.07) is 2.97. The first-order valence-corrected chi connectivity index (χ1v) is 5.38. The van der Waals surface area contributed by atoms with E-state index in [0.717, 1.165) is 0 Å². The van der Waals surface area contributed by atoms with Crippen LogP contribution in [0.3, 0.4) is 0 Å². The highest BCUT2D eigenvalue weighted by molar-refractivity contribution is 5.91. The first-order valence-electron chi connectivity index (χ1n) is 5.38. The maximum Gasteiger partial charge on any atom is 0.250 e. The van der Waals surface area contributed by atoms with E-state index in [2.05, 4.69) is 5.32 Å². The molecule has 0 aromatic carbocycles. The maximum atomic E-state index is 11.5. The average Bonchev–Trinajstić information content (AvgIpc) is 2.20. The highest BCUT2D eigenvalue weighted by atomic mass is 16.5. The van der Waals surface area contributed by atoms with Crippen LogP contribution in [0.25, 0.3) is 0 Å². The Morgan fingerprint density at radius 1 is 1.41 bits per heavy atom. The predicted octanol–water partition coefficient (Wildman–Crippen LogP) is 1.14. The van der Waals surface area contributed by atoms with Crippen LogP contribution in [0.5, 0.6) is 0 Å². The predicted molar refractivity (Wildman–Crippen MR) is 66.0 cm³/mol. The van der Waals surface area contributed by atoms with Crippen LogP contribution in [0, 0.1) is 0 Å². The Labute approximate surface area is 100 Å². The first-order chi connectivity index (χ1) is 7.78. The zero-order valence-electron chi connectivity index (χ0n) is 10.6. The molecule has 0 aliphatic rings. The van der Waals surface area contributed by atoms with Gasteiger partial charge in [0.05, 0.1) is 11.3 Å². The number of anilines is 1. The van der Waals surface area contributed by atoms with Crippen molar-refractivity contribution < 1.29 is 9.53 Å². The van der Waals surface area contributed by atoms with Gasteiger partial charge in [0.25, 0.3) is 0 Å². The summed E-state index contributed by atoms with van der Waals surface area (Å²) in [5, 5.41) is 2.66. The van der Waals surface area contributed by atoms with Gasteiger partial charge in [-0.2, -0.15) is 0 Å². The second-order valence-electron chi connectivity index (χ2n) is 4.82. The molecular weight excluding hydrogens is 220 g/mol. The van der Waals surface area contributed by atoms with Crippen LogP contribution >= 0.6 is 0 Å². The highest BCUT2D eigenvalue weighted by Crippen LogP contribution is 2.07. The Balaban J connectivity index is 2.57. The van der Waals surface area contributed by atoms with Crippen LogP contribution in [-0.2, 0) is 16.6 Å². The molecule has 5 heteroatoms.